The van der Waals surface area contributed by atoms with Crippen LogP contribution >= 0.6 is 24.8 Å². The molecule has 0 amide bonds. The summed E-state index contributed by atoms with van der Waals surface area (Å²) in [6.07, 6.45) is 1.93. The predicted molar refractivity (Wildman–Crippen MR) is 105 cm³/mol. The molecule has 8 heteroatoms. The number of phenolic OH excluding ortho intramolecular Hbond substituents is 1. The number of hydrogen-bond donors (Lipinski definition) is 2. The van der Waals surface area contributed by atoms with Gasteiger partial charge in [-0.05, 0) is 24.8 Å². The van der Waals surface area contributed by atoms with E-state index in [9.17, 15) is 10.4 Å². The van der Waals surface area contributed by atoms with Crippen molar-refractivity contribution in [1.29, 1.82) is 5.26 Å². The van der Waals surface area contributed by atoms with Gasteiger partial charge in [0.25, 0.3) is 0 Å². The molecule has 26 heavy (non-hydrogen) atoms. The number of hydrogen-bond acceptors (Lipinski definition) is 6. The molecule has 6 nitrogen and oxygen atoms in total. The van der Waals surface area contributed by atoms with E-state index in [1.165, 1.54) is 7.11 Å². The van der Waals surface area contributed by atoms with E-state index in [1.54, 1.807) is 6.07 Å². The van der Waals surface area contributed by atoms with Crippen LogP contribution in [0.2, 0.25) is 0 Å². The highest BCUT2D eigenvalue weighted by atomic mass is 35.5. The van der Waals surface area contributed by atoms with E-state index in [-0.39, 0.29) is 36.6 Å². The maximum Gasteiger partial charge on any atom is 0.162 e. The van der Waals surface area contributed by atoms with Gasteiger partial charge < -0.3 is 19.9 Å². The number of nitrogens with zero attached hydrogens (tertiary/aromatic N) is 2. The highest BCUT2D eigenvalue weighted by Crippen LogP contribution is 2.43. The molecular weight excluding hydrogens is 377 g/mol. The number of rotatable bonds is 4. The Balaban J connectivity index is 0.00000169. The van der Waals surface area contributed by atoms with Gasteiger partial charge in [0.2, 0.25) is 0 Å². The molecule has 146 valence electrons. The standard InChI is InChI=1S/C18H25N3O3.2ClH/c1-23-16-11-13(12-19)10-15(18(16)22)17(14-2-8-24-9-3-14)21-6-4-20-5-7-21;;/h10-11,14,17,20,22H,2-9H2,1H3;2*1H/t17-;;/m0../s1. The van der Waals surface area contributed by atoms with Crippen molar-refractivity contribution in [3.8, 4) is 17.6 Å². The van der Waals surface area contributed by atoms with Gasteiger partial charge in [0, 0.05) is 57.1 Å². The molecule has 0 aliphatic carbocycles. The SMILES string of the molecule is COc1cc(C#N)cc([C@H](C2CCOCC2)N2CCNCC2)c1O.Cl.Cl. The van der Waals surface area contributed by atoms with Crippen molar-refractivity contribution in [2.45, 2.75) is 18.9 Å². The molecule has 0 saturated carbocycles. The first-order valence-electron chi connectivity index (χ1n) is 8.58. The van der Waals surface area contributed by atoms with Crippen LogP contribution in [0.15, 0.2) is 12.1 Å². The van der Waals surface area contributed by atoms with Gasteiger partial charge in [0.1, 0.15) is 0 Å². The minimum absolute atomic E-state index is 0. The van der Waals surface area contributed by atoms with Gasteiger partial charge in [-0.25, -0.2) is 0 Å². The van der Waals surface area contributed by atoms with E-state index in [4.69, 9.17) is 9.47 Å². The van der Waals surface area contributed by atoms with Crippen LogP contribution in [0, 0.1) is 17.2 Å². The van der Waals surface area contributed by atoms with Crippen molar-refractivity contribution in [3.63, 3.8) is 0 Å². The van der Waals surface area contributed by atoms with Crippen LogP contribution in [0.4, 0.5) is 0 Å². The number of methoxy groups -OCH3 is 1. The fraction of sp³-hybridized carbons (Fsp3) is 0.611. The number of benzene rings is 1. The summed E-state index contributed by atoms with van der Waals surface area (Å²) in [5.74, 6) is 0.934. The lowest BCUT2D eigenvalue weighted by molar-refractivity contribution is 0.0205. The lowest BCUT2D eigenvalue weighted by Crippen LogP contribution is -2.47. The summed E-state index contributed by atoms with van der Waals surface area (Å²) in [6.45, 7) is 5.25. The highest BCUT2D eigenvalue weighted by Gasteiger charge is 2.34. The summed E-state index contributed by atoms with van der Waals surface area (Å²) < 4.78 is 10.8. The van der Waals surface area contributed by atoms with Gasteiger partial charge in [-0.3, -0.25) is 4.90 Å². The number of ether oxygens (including phenoxy) is 2. The number of aromatic hydroxyl groups is 1. The highest BCUT2D eigenvalue weighted by molar-refractivity contribution is 5.85. The molecule has 1 atom stereocenters. The van der Waals surface area contributed by atoms with Gasteiger partial charge in [-0.2, -0.15) is 5.26 Å². The zero-order chi connectivity index (χ0) is 16.9. The quantitative estimate of drug-likeness (QED) is 0.803. The number of nitriles is 1. The van der Waals surface area contributed by atoms with Crippen LogP contribution in [-0.4, -0.2) is 56.5 Å². The average Bonchev–Trinajstić information content (AvgIpc) is 2.65. The number of piperazine rings is 1. The van der Waals surface area contributed by atoms with Crippen molar-refractivity contribution in [1.82, 2.24) is 10.2 Å². The molecule has 2 heterocycles. The van der Waals surface area contributed by atoms with Crippen molar-refractivity contribution in [2.75, 3.05) is 46.5 Å². The Morgan fingerprint density at radius 2 is 1.92 bits per heavy atom. The Morgan fingerprint density at radius 1 is 1.27 bits per heavy atom. The molecule has 0 radical (unpaired) electrons. The third kappa shape index (κ3) is 4.93. The second-order valence-electron chi connectivity index (χ2n) is 6.41. The molecule has 2 aliphatic heterocycles. The first-order chi connectivity index (χ1) is 11.7. The first-order valence-corrected chi connectivity index (χ1v) is 8.58. The number of nitrogens with one attached hydrogen (secondary N) is 1. The molecule has 2 aliphatic rings. The van der Waals surface area contributed by atoms with E-state index >= 15 is 0 Å². The third-order valence-electron chi connectivity index (χ3n) is 5.03. The molecule has 1 aromatic carbocycles. The summed E-state index contributed by atoms with van der Waals surface area (Å²) in [5, 5.41) is 23.5. The Kier molecular flexibility index (Phi) is 9.48. The van der Waals surface area contributed by atoms with E-state index in [2.05, 4.69) is 16.3 Å². The molecule has 1 aromatic rings. The number of phenols is 1. The molecule has 2 fully saturated rings. The molecule has 0 unspecified atom stereocenters. The van der Waals surface area contributed by atoms with Crippen LogP contribution < -0.4 is 10.1 Å². The van der Waals surface area contributed by atoms with Gasteiger partial charge in [0.05, 0.1) is 18.7 Å². The average molecular weight is 404 g/mol. The fourth-order valence-electron chi connectivity index (χ4n) is 3.82. The molecule has 2 N–H and O–H groups in total. The number of halogens is 2. The maximum atomic E-state index is 10.7. The zero-order valence-corrected chi connectivity index (χ0v) is 16.6. The summed E-state index contributed by atoms with van der Waals surface area (Å²) in [6, 6.07) is 5.68. The smallest absolute Gasteiger partial charge is 0.162 e. The summed E-state index contributed by atoms with van der Waals surface area (Å²) >= 11 is 0. The van der Waals surface area contributed by atoms with E-state index in [1.807, 2.05) is 6.07 Å². The topological polar surface area (TPSA) is 77.8 Å². The zero-order valence-electron chi connectivity index (χ0n) is 14.9. The van der Waals surface area contributed by atoms with Gasteiger partial charge in [-0.1, -0.05) is 0 Å². The van der Waals surface area contributed by atoms with Crippen molar-refractivity contribution in [3.05, 3.63) is 23.3 Å². The normalized spacial score (nSPS) is 19.5. The van der Waals surface area contributed by atoms with Crippen molar-refractivity contribution in [2.24, 2.45) is 5.92 Å². The van der Waals surface area contributed by atoms with Crippen molar-refractivity contribution >= 4 is 24.8 Å². The van der Waals surface area contributed by atoms with Crippen LogP contribution in [0.25, 0.3) is 0 Å². The van der Waals surface area contributed by atoms with Crippen LogP contribution in [-0.2, 0) is 4.74 Å². The second kappa shape index (κ2) is 10.8. The summed E-state index contributed by atoms with van der Waals surface area (Å²) in [5.41, 5.74) is 1.33. The Morgan fingerprint density at radius 3 is 2.50 bits per heavy atom. The molecule has 0 aromatic heterocycles. The first kappa shape index (κ1) is 22.8. The molecule has 2 saturated heterocycles. The second-order valence-corrected chi connectivity index (χ2v) is 6.41. The van der Waals surface area contributed by atoms with Crippen molar-refractivity contribution < 1.29 is 14.6 Å². The van der Waals surface area contributed by atoms with Crippen LogP contribution in [0.3, 0.4) is 0 Å². The third-order valence-corrected chi connectivity index (χ3v) is 5.03. The Labute approximate surface area is 167 Å². The summed E-state index contributed by atoms with van der Waals surface area (Å²) in [4.78, 5) is 2.42. The maximum absolute atomic E-state index is 10.7. The lowest BCUT2D eigenvalue weighted by atomic mass is 9.84. The Bertz CT molecular complexity index is 594. The van der Waals surface area contributed by atoms with E-state index < -0.39 is 0 Å². The van der Waals surface area contributed by atoms with Gasteiger partial charge in [-0.15, -0.1) is 24.8 Å². The molecule has 0 spiro atoms. The van der Waals surface area contributed by atoms with Crippen LogP contribution in [0.1, 0.15) is 30.0 Å². The fourth-order valence-corrected chi connectivity index (χ4v) is 3.82. The van der Waals surface area contributed by atoms with Gasteiger partial charge >= 0.3 is 0 Å². The lowest BCUT2D eigenvalue weighted by Gasteiger charge is -2.41. The van der Waals surface area contributed by atoms with Gasteiger partial charge in [0.15, 0.2) is 11.5 Å². The summed E-state index contributed by atoms with van der Waals surface area (Å²) in [7, 11) is 1.52. The largest absolute Gasteiger partial charge is 0.504 e. The molecule has 3 rings (SSSR count). The van der Waals surface area contributed by atoms with E-state index in [0.29, 0.717) is 17.2 Å². The monoisotopic (exact) mass is 403 g/mol. The predicted octanol–water partition coefficient (Wildman–Crippen LogP) is 2.49. The molecular formula is C18H27Cl2N3O3. The minimum Gasteiger partial charge on any atom is -0.504 e. The van der Waals surface area contributed by atoms with E-state index in [0.717, 1.165) is 57.8 Å². The Hall–Kier alpha value is -1.23. The molecule has 0 bridgehead atoms. The minimum atomic E-state index is 0. The van der Waals surface area contributed by atoms with Crippen LogP contribution in [0.5, 0.6) is 11.5 Å².